The van der Waals surface area contributed by atoms with E-state index in [0.29, 0.717) is 18.7 Å². The molecule has 0 saturated carbocycles. The lowest BCUT2D eigenvalue weighted by Gasteiger charge is -2.10. The van der Waals surface area contributed by atoms with E-state index < -0.39 is 0 Å². The minimum Gasteiger partial charge on any atom is -0.464 e. The van der Waals surface area contributed by atoms with E-state index in [4.69, 9.17) is 4.74 Å². The summed E-state index contributed by atoms with van der Waals surface area (Å²) in [6, 6.07) is 6.98. The minimum absolute atomic E-state index is 0.0844. The van der Waals surface area contributed by atoms with Crippen LogP contribution in [0.2, 0.25) is 0 Å². The zero-order chi connectivity index (χ0) is 13.0. The molecule has 5 nitrogen and oxygen atoms in total. The molecular formula is C12H13BrN2O3. The molecule has 2 rings (SSSR count). The number of carbonyl (C=O) groups excluding carboxylic acids is 2. The van der Waals surface area contributed by atoms with Crippen molar-refractivity contribution in [2.75, 3.05) is 18.5 Å². The fourth-order valence-electron chi connectivity index (χ4n) is 1.65. The smallest absolute Gasteiger partial charge is 0.323 e. The molecule has 0 aromatic heterocycles. The number of amides is 1. The van der Waals surface area contributed by atoms with Crippen molar-refractivity contribution in [1.82, 2.24) is 5.32 Å². The summed E-state index contributed by atoms with van der Waals surface area (Å²) in [5.74, 6) is -0.481. The third-order valence-corrected chi connectivity index (χ3v) is 3.28. The summed E-state index contributed by atoms with van der Waals surface area (Å²) >= 11 is 3.34. The second kappa shape index (κ2) is 5.97. The lowest BCUT2D eigenvalue weighted by molar-refractivity contribution is -0.139. The van der Waals surface area contributed by atoms with Crippen molar-refractivity contribution in [3.8, 4) is 0 Å². The zero-order valence-electron chi connectivity index (χ0n) is 9.61. The molecule has 1 heterocycles. The first kappa shape index (κ1) is 13.0. The molecule has 1 aliphatic heterocycles. The fourth-order valence-corrected chi connectivity index (χ4v) is 2.04. The van der Waals surface area contributed by atoms with Crippen molar-refractivity contribution < 1.29 is 14.3 Å². The SMILES string of the molecule is O=C(CNC1CCOC1=O)Nc1ccccc1Br. The highest BCUT2D eigenvalue weighted by molar-refractivity contribution is 9.10. The maximum atomic E-state index is 11.7. The lowest BCUT2D eigenvalue weighted by Crippen LogP contribution is -2.38. The van der Waals surface area contributed by atoms with E-state index in [9.17, 15) is 9.59 Å². The molecule has 1 aromatic carbocycles. The van der Waals surface area contributed by atoms with Crippen LogP contribution in [-0.4, -0.2) is 31.1 Å². The van der Waals surface area contributed by atoms with Crippen molar-refractivity contribution >= 4 is 33.5 Å². The maximum absolute atomic E-state index is 11.7. The van der Waals surface area contributed by atoms with Crippen molar-refractivity contribution in [3.63, 3.8) is 0 Å². The van der Waals surface area contributed by atoms with Gasteiger partial charge in [-0.2, -0.15) is 0 Å². The van der Waals surface area contributed by atoms with Crippen LogP contribution in [0.5, 0.6) is 0 Å². The number of hydrogen-bond donors (Lipinski definition) is 2. The van der Waals surface area contributed by atoms with Crippen molar-refractivity contribution in [3.05, 3.63) is 28.7 Å². The summed E-state index contributed by atoms with van der Waals surface area (Å²) in [6.07, 6.45) is 0.612. The number of rotatable bonds is 4. The molecule has 0 aliphatic carbocycles. The summed E-state index contributed by atoms with van der Waals surface area (Å²) < 4.78 is 5.61. The van der Waals surface area contributed by atoms with Crippen LogP contribution in [0.1, 0.15) is 6.42 Å². The van der Waals surface area contributed by atoms with E-state index in [1.807, 2.05) is 18.2 Å². The number of para-hydroxylation sites is 1. The number of ether oxygens (including phenoxy) is 1. The maximum Gasteiger partial charge on any atom is 0.323 e. The van der Waals surface area contributed by atoms with Crippen LogP contribution in [0.25, 0.3) is 0 Å². The third kappa shape index (κ3) is 3.30. The molecule has 2 N–H and O–H groups in total. The number of nitrogens with one attached hydrogen (secondary N) is 2. The number of esters is 1. The highest BCUT2D eigenvalue weighted by atomic mass is 79.9. The average molecular weight is 313 g/mol. The van der Waals surface area contributed by atoms with Gasteiger partial charge in [0, 0.05) is 10.9 Å². The van der Waals surface area contributed by atoms with Gasteiger partial charge in [0.2, 0.25) is 5.91 Å². The standard InChI is InChI=1S/C12H13BrN2O3/c13-8-3-1-2-4-9(8)15-11(16)7-14-10-5-6-18-12(10)17/h1-4,10,14H,5-7H2,(H,15,16). The summed E-state index contributed by atoms with van der Waals surface area (Å²) in [4.78, 5) is 22.9. The molecule has 1 unspecified atom stereocenters. The first-order chi connectivity index (χ1) is 8.66. The molecule has 18 heavy (non-hydrogen) atoms. The first-order valence-corrected chi connectivity index (χ1v) is 6.40. The molecular weight excluding hydrogens is 300 g/mol. The number of anilines is 1. The predicted octanol–water partition coefficient (Wildman–Crippen LogP) is 1.29. The molecule has 0 spiro atoms. The van der Waals surface area contributed by atoms with Gasteiger partial charge in [0.15, 0.2) is 0 Å². The van der Waals surface area contributed by atoms with Gasteiger partial charge in [-0.25, -0.2) is 0 Å². The van der Waals surface area contributed by atoms with Crippen LogP contribution in [-0.2, 0) is 14.3 Å². The van der Waals surface area contributed by atoms with E-state index in [-0.39, 0.29) is 24.5 Å². The third-order valence-electron chi connectivity index (χ3n) is 2.59. The number of hydrogen-bond acceptors (Lipinski definition) is 4. The van der Waals surface area contributed by atoms with E-state index in [2.05, 4.69) is 26.6 Å². The molecule has 96 valence electrons. The van der Waals surface area contributed by atoms with Crippen molar-refractivity contribution in [2.45, 2.75) is 12.5 Å². The van der Waals surface area contributed by atoms with Crippen LogP contribution in [0.4, 0.5) is 5.69 Å². The van der Waals surface area contributed by atoms with Crippen LogP contribution in [0.15, 0.2) is 28.7 Å². The molecule has 1 fully saturated rings. The molecule has 1 aliphatic rings. The van der Waals surface area contributed by atoms with Gasteiger partial charge in [-0.15, -0.1) is 0 Å². The highest BCUT2D eigenvalue weighted by Crippen LogP contribution is 2.20. The number of halogens is 1. The van der Waals surface area contributed by atoms with Crippen LogP contribution in [0.3, 0.4) is 0 Å². The summed E-state index contributed by atoms with van der Waals surface area (Å²) in [7, 11) is 0. The summed E-state index contributed by atoms with van der Waals surface area (Å²) in [6.45, 7) is 0.503. The van der Waals surface area contributed by atoms with Crippen LogP contribution >= 0.6 is 15.9 Å². The first-order valence-electron chi connectivity index (χ1n) is 5.61. The second-order valence-electron chi connectivity index (χ2n) is 3.92. The molecule has 0 radical (unpaired) electrons. The Morgan fingerprint density at radius 2 is 2.22 bits per heavy atom. The molecule has 1 saturated heterocycles. The normalized spacial score (nSPS) is 18.5. The second-order valence-corrected chi connectivity index (χ2v) is 4.77. The van der Waals surface area contributed by atoms with Crippen LogP contribution in [0, 0.1) is 0 Å². The summed E-state index contributed by atoms with van der Waals surface area (Å²) in [5.41, 5.74) is 0.707. The largest absolute Gasteiger partial charge is 0.464 e. The van der Waals surface area contributed by atoms with Gasteiger partial charge in [0.25, 0.3) is 0 Å². The molecule has 1 aromatic rings. The average Bonchev–Trinajstić information content (AvgIpc) is 2.75. The van der Waals surface area contributed by atoms with Crippen molar-refractivity contribution in [1.29, 1.82) is 0 Å². The van der Waals surface area contributed by atoms with Crippen LogP contribution < -0.4 is 10.6 Å². The topological polar surface area (TPSA) is 67.4 Å². The monoisotopic (exact) mass is 312 g/mol. The Kier molecular flexibility index (Phi) is 4.33. The molecule has 0 bridgehead atoms. The van der Waals surface area contributed by atoms with Gasteiger partial charge in [-0.05, 0) is 28.1 Å². The zero-order valence-corrected chi connectivity index (χ0v) is 11.2. The number of benzene rings is 1. The van der Waals surface area contributed by atoms with Gasteiger partial charge < -0.3 is 10.1 Å². The lowest BCUT2D eigenvalue weighted by atomic mass is 10.2. The van der Waals surface area contributed by atoms with Gasteiger partial charge in [-0.1, -0.05) is 12.1 Å². The van der Waals surface area contributed by atoms with Gasteiger partial charge >= 0.3 is 5.97 Å². The quantitative estimate of drug-likeness (QED) is 0.822. The van der Waals surface area contributed by atoms with E-state index >= 15 is 0 Å². The Hall–Kier alpha value is -1.40. The van der Waals surface area contributed by atoms with Crippen molar-refractivity contribution in [2.24, 2.45) is 0 Å². The van der Waals surface area contributed by atoms with Gasteiger partial charge in [-0.3, -0.25) is 14.9 Å². The number of carbonyl (C=O) groups is 2. The fraction of sp³-hybridized carbons (Fsp3) is 0.333. The van der Waals surface area contributed by atoms with Gasteiger partial charge in [0.1, 0.15) is 6.04 Å². The number of cyclic esters (lactones) is 1. The Labute approximate surface area is 113 Å². The Balaban J connectivity index is 1.82. The molecule has 1 atom stereocenters. The minimum atomic E-state index is -0.366. The van der Waals surface area contributed by atoms with E-state index in [1.165, 1.54) is 0 Å². The van der Waals surface area contributed by atoms with E-state index in [0.717, 1.165) is 4.47 Å². The van der Waals surface area contributed by atoms with Gasteiger partial charge in [0.05, 0.1) is 18.8 Å². The highest BCUT2D eigenvalue weighted by Gasteiger charge is 2.26. The molecule has 6 heteroatoms. The Morgan fingerprint density at radius 3 is 2.89 bits per heavy atom. The Bertz CT molecular complexity index is 464. The van der Waals surface area contributed by atoms with E-state index in [1.54, 1.807) is 6.07 Å². The predicted molar refractivity (Wildman–Crippen MR) is 70.1 cm³/mol. The summed E-state index contributed by atoms with van der Waals surface area (Å²) in [5, 5.41) is 5.62. The Morgan fingerprint density at radius 1 is 1.44 bits per heavy atom. The molecule has 1 amide bonds.